The van der Waals surface area contributed by atoms with E-state index in [-0.39, 0.29) is 4.90 Å². The molecule has 0 bridgehead atoms. The normalized spacial score (nSPS) is 24.0. The molecule has 0 saturated carbocycles. The summed E-state index contributed by atoms with van der Waals surface area (Å²) in [5.74, 6) is -2.65. The molecule has 1 aliphatic rings. The van der Waals surface area contributed by atoms with Crippen LogP contribution in [0.5, 0.6) is 0 Å². The zero-order chi connectivity index (χ0) is 17.4. The molecule has 1 aromatic rings. The average molecular weight is 428 g/mol. The number of benzene rings is 1. The number of carboxylic acids is 1. The Kier molecular flexibility index (Phi) is 5.16. The molecule has 8 nitrogen and oxygen atoms in total. The van der Waals surface area contributed by atoms with Crippen molar-refractivity contribution in [2.24, 2.45) is 0 Å². The van der Waals surface area contributed by atoms with Crippen molar-refractivity contribution < 1.29 is 31.8 Å². The maximum absolute atomic E-state index is 12.7. The number of aliphatic hydroxyl groups excluding tert-OH is 1. The van der Waals surface area contributed by atoms with Crippen molar-refractivity contribution in [2.45, 2.75) is 17.0 Å². The zero-order valence-electron chi connectivity index (χ0n) is 11.7. The molecule has 2 atom stereocenters. The van der Waals surface area contributed by atoms with E-state index in [2.05, 4.69) is 15.9 Å². The lowest BCUT2D eigenvalue weighted by Crippen LogP contribution is -2.48. The summed E-state index contributed by atoms with van der Waals surface area (Å²) in [4.78, 5) is 10.8. The predicted octanol–water partition coefficient (Wildman–Crippen LogP) is -0.318. The lowest BCUT2D eigenvalue weighted by molar-refractivity contribution is -0.137. The van der Waals surface area contributed by atoms with Crippen LogP contribution in [-0.2, 0) is 24.7 Å². The van der Waals surface area contributed by atoms with Crippen molar-refractivity contribution in [3.63, 3.8) is 0 Å². The number of aliphatic hydroxyl groups is 1. The van der Waals surface area contributed by atoms with Gasteiger partial charge < -0.3 is 10.2 Å². The molecular weight excluding hydrogens is 414 g/mol. The largest absolute Gasteiger partial charge is 0.480 e. The molecule has 1 aliphatic heterocycles. The van der Waals surface area contributed by atoms with Crippen LogP contribution in [0.15, 0.2) is 33.6 Å². The molecule has 1 saturated heterocycles. The van der Waals surface area contributed by atoms with E-state index in [4.69, 9.17) is 5.11 Å². The molecule has 11 heteroatoms. The number of sulfone groups is 1. The molecule has 1 fully saturated rings. The lowest BCUT2D eigenvalue weighted by Gasteiger charge is -2.27. The molecule has 2 N–H and O–H groups in total. The highest BCUT2D eigenvalue weighted by atomic mass is 79.9. The topological polar surface area (TPSA) is 129 Å². The van der Waals surface area contributed by atoms with Crippen LogP contribution in [0.4, 0.5) is 0 Å². The van der Waals surface area contributed by atoms with Crippen molar-refractivity contribution in [1.82, 2.24) is 4.31 Å². The van der Waals surface area contributed by atoms with E-state index in [1.54, 1.807) is 0 Å². The Hall–Kier alpha value is -1.01. The van der Waals surface area contributed by atoms with Gasteiger partial charge in [0.05, 0.1) is 28.5 Å². The first kappa shape index (κ1) is 18.3. The van der Waals surface area contributed by atoms with Crippen LogP contribution in [0.1, 0.15) is 0 Å². The van der Waals surface area contributed by atoms with Gasteiger partial charge in [-0.2, -0.15) is 4.31 Å². The van der Waals surface area contributed by atoms with Crippen LogP contribution in [0.25, 0.3) is 0 Å². The maximum Gasteiger partial charge on any atom is 0.318 e. The van der Waals surface area contributed by atoms with Gasteiger partial charge in [0.25, 0.3) is 0 Å². The minimum Gasteiger partial charge on any atom is -0.480 e. The van der Waals surface area contributed by atoms with E-state index < -0.39 is 56.0 Å². The molecule has 0 amide bonds. The van der Waals surface area contributed by atoms with Crippen LogP contribution >= 0.6 is 15.9 Å². The van der Waals surface area contributed by atoms with Gasteiger partial charge >= 0.3 is 5.97 Å². The van der Waals surface area contributed by atoms with E-state index >= 15 is 0 Å². The van der Waals surface area contributed by atoms with Gasteiger partial charge in [-0.05, 0) is 24.3 Å². The summed E-state index contributed by atoms with van der Waals surface area (Å²) in [6.45, 7) is -0.935. The van der Waals surface area contributed by atoms with Gasteiger partial charge in [-0.25, -0.2) is 16.8 Å². The van der Waals surface area contributed by atoms with Gasteiger partial charge in [-0.3, -0.25) is 4.79 Å². The third-order valence-corrected chi connectivity index (χ3v) is 7.49. The smallest absolute Gasteiger partial charge is 0.318 e. The lowest BCUT2D eigenvalue weighted by atomic mass is 10.2. The van der Waals surface area contributed by atoms with E-state index in [1.807, 2.05) is 0 Å². The summed E-state index contributed by atoms with van der Waals surface area (Å²) in [7, 11) is -7.90. The fourth-order valence-electron chi connectivity index (χ4n) is 2.34. The highest BCUT2D eigenvalue weighted by molar-refractivity contribution is 9.10. The van der Waals surface area contributed by atoms with Gasteiger partial charge in [0.2, 0.25) is 10.0 Å². The second-order valence-corrected chi connectivity index (χ2v) is 10.1. The number of carbonyl (C=O) groups is 1. The Labute approximate surface area is 141 Å². The molecular formula is C12H14BrNO7S2. The number of hydrogen-bond acceptors (Lipinski definition) is 6. The van der Waals surface area contributed by atoms with E-state index in [0.717, 1.165) is 0 Å². The van der Waals surface area contributed by atoms with Gasteiger partial charge in [-0.15, -0.1) is 0 Å². The van der Waals surface area contributed by atoms with Crippen LogP contribution in [0.3, 0.4) is 0 Å². The monoisotopic (exact) mass is 427 g/mol. The number of carboxylic acid groups (broad SMARTS) is 1. The van der Waals surface area contributed by atoms with Gasteiger partial charge in [-0.1, -0.05) is 15.9 Å². The minimum atomic E-state index is -4.27. The minimum absolute atomic E-state index is 0.182. The summed E-state index contributed by atoms with van der Waals surface area (Å²) < 4.78 is 49.7. The summed E-state index contributed by atoms with van der Waals surface area (Å²) >= 11 is 3.16. The van der Waals surface area contributed by atoms with Crippen molar-refractivity contribution in [3.8, 4) is 0 Å². The Morgan fingerprint density at radius 3 is 2.26 bits per heavy atom. The molecule has 0 radical (unpaired) electrons. The summed E-state index contributed by atoms with van der Waals surface area (Å²) in [6.07, 6.45) is -1.47. The third kappa shape index (κ3) is 4.10. The average Bonchev–Trinajstić information content (AvgIpc) is 2.69. The van der Waals surface area contributed by atoms with E-state index in [9.17, 15) is 26.7 Å². The van der Waals surface area contributed by atoms with Crippen LogP contribution in [-0.4, -0.2) is 67.5 Å². The van der Waals surface area contributed by atoms with Crippen molar-refractivity contribution in [3.05, 3.63) is 28.7 Å². The first-order chi connectivity index (χ1) is 10.5. The predicted molar refractivity (Wildman–Crippen MR) is 84.1 cm³/mol. The molecule has 23 heavy (non-hydrogen) atoms. The number of halogens is 1. The molecule has 0 aliphatic carbocycles. The number of sulfonamides is 1. The molecule has 1 aromatic carbocycles. The zero-order valence-corrected chi connectivity index (χ0v) is 14.9. The van der Waals surface area contributed by atoms with Crippen LogP contribution in [0, 0.1) is 0 Å². The van der Waals surface area contributed by atoms with E-state index in [1.165, 1.54) is 24.3 Å². The maximum atomic E-state index is 12.7. The SMILES string of the molecule is O=C(O)CN([C@@H]1CS(=O)(=O)C[C@@H]1O)S(=O)(=O)c1ccc(Br)cc1. The molecule has 0 unspecified atom stereocenters. The Morgan fingerprint density at radius 2 is 1.83 bits per heavy atom. The summed E-state index contributed by atoms with van der Waals surface area (Å²) in [6, 6.07) is 4.14. The fraction of sp³-hybridized carbons (Fsp3) is 0.417. The van der Waals surface area contributed by atoms with Crippen LogP contribution in [0.2, 0.25) is 0 Å². The first-order valence-corrected chi connectivity index (χ1v) is 10.5. The molecule has 0 spiro atoms. The van der Waals surface area contributed by atoms with Gasteiger partial charge in [0.1, 0.15) is 6.54 Å². The van der Waals surface area contributed by atoms with Gasteiger partial charge in [0, 0.05) is 4.47 Å². The van der Waals surface area contributed by atoms with Crippen molar-refractivity contribution in [2.75, 3.05) is 18.1 Å². The number of aliphatic carboxylic acids is 1. The van der Waals surface area contributed by atoms with Crippen molar-refractivity contribution >= 4 is 41.8 Å². The summed E-state index contributed by atoms with van der Waals surface area (Å²) in [5, 5.41) is 18.8. The third-order valence-electron chi connectivity index (χ3n) is 3.37. The number of nitrogens with zero attached hydrogens (tertiary/aromatic N) is 1. The highest BCUT2D eigenvalue weighted by Crippen LogP contribution is 2.26. The Morgan fingerprint density at radius 1 is 1.26 bits per heavy atom. The fourth-order valence-corrected chi connectivity index (χ4v) is 6.10. The molecule has 2 rings (SSSR count). The second kappa shape index (κ2) is 6.48. The number of rotatable bonds is 5. The molecule has 1 heterocycles. The second-order valence-electron chi connectivity index (χ2n) is 5.11. The summed E-state index contributed by atoms with van der Waals surface area (Å²) in [5.41, 5.74) is 0. The quantitative estimate of drug-likeness (QED) is 0.658. The molecule has 128 valence electrons. The number of hydrogen-bond donors (Lipinski definition) is 2. The highest BCUT2D eigenvalue weighted by Gasteiger charge is 2.45. The molecule has 0 aromatic heterocycles. The van der Waals surface area contributed by atoms with E-state index in [0.29, 0.717) is 8.78 Å². The Balaban J connectivity index is 2.46. The first-order valence-electron chi connectivity index (χ1n) is 6.40. The van der Waals surface area contributed by atoms with Crippen molar-refractivity contribution in [1.29, 1.82) is 0 Å². The van der Waals surface area contributed by atoms with Crippen LogP contribution < -0.4 is 0 Å². The Bertz CT molecular complexity index is 804. The van der Waals surface area contributed by atoms with Gasteiger partial charge in [0.15, 0.2) is 9.84 Å². The standard InChI is InChI=1S/C12H14BrNO7S2/c13-8-1-3-9(4-2-8)23(20,21)14(5-12(16)17)10-6-22(18,19)7-11(10)15/h1-4,10-11,15H,5-7H2,(H,16,17)/t10-,11+/m1/s1.